The second-order valence-electron chi connectivity index (χ2n) is 4.46. The summed E-state index contributed by atoms with van der Waals surface area (Å²) in [6.07, 6.45) is 8.94. The lowest BCUT2D eigenvalue weighted by Gasteiger charge is -2.28. The first-order valence-electron chi connectivity index (χ1n) is 5.62. The van der Waals surface area contributed by atoms with Gasteiger partial charge in [0.2, 0.25) is 0 Å². The average molecular weight is 269 g/mol. The zero-order valence-corrected chi connectivity index (χ0v) is 10.6. The number of hydrogen-bond donors (Lipinski definition) is 1. The first-order chi connectivity index (χ1) is 7.25. The third-order valence-corrected chi connectivity index (χ3v) is 3.78. The van der Waals surface area contributed by atoms with E-state index in [0.29, 0.717) is 6.04 Å². The van der Waals surface area contributed by atoms with E-state index in [-0.39, 0.29) is 0 Å². The van der Waals surface area contributed by atoms with Crippen molar-refractivity contribution in [3.8, 4) is 0 Å². The summed E-state index contributed by atoms with van der Waals surface area (Å²) in [6.45, 7) is 2.35. The molecule has 1 fully saturated rings. The molecule has 0 radical (unpaired) electrons. The molecule has 15 heavy (non-hydrogen) atoms. The predicted molar refractivity (Wildman–Crippen MR) is 67.0 cm³/mol. The summed E-state index contributed by atoms with van der Waals surface area (Å²) in [7, 11) is 0. The third kappa shape index (κ3) is 2.94. The van der Waals surface area contributed by atoms with Crippen molar-refractivity contribution in [1.29, 1.82) is 0 Å². The Kier molecular flexibility index (Phi) is 3.62. The maximum Gasteiger partial charge on any atom is 0.0590 e. The molecule has 1 aliphatic carbocycles. The summed E-state index contributed by atoms with van der Waals surface area (Å²) in [6, 6.07) is 2.67. The van der Waals surface area contributed by atoms with Gasteiger partial charge < -0.3 is 5.32 Å². The Morgan fingerprint density at radius 1 is 1.33 bits per heavy atom. The molecule has 82 valence electrons. The number of rotatable bonds is 2. The van der Waals surface area contributed by atoms with Crippen LogP contribution in [0.1, 0.15) is 32.6 Å². The molecule has 0 saturated heterocycles. The lowest BCUT2D eigenvalue weighted by atomic mass is 9.87. The van der Waals surface area contributed by atoms with Crippen LogP contribution in [0.15, 0.2) is 22.9 Å². The predicted octanol–water partition coefficient (Wildman–Crippen LogP) is 3.83. The second-order valence-corrected chi connectivity index (χ2v) is 5.31. The minimum Gasteiger partial charge on any atom is -0.381 e. The molecular formula is C12H17BrN2. The van der Waals surface area contributed by atoms with E-state index in [4.69, 9.17) is 0 Å². The van der Waals surface area contributed by atoms with Gasteiger partial charge in [-0.25, -0.2) is 0 Å². The van der Waals surface area contributed by atoms with Gasteiger partial charge in [-0.3, -0.25) is 4.98 Å². The molecule has 1 aromatic heterocycles. The molecule has 0 aromatic carbocycles. The van der Waals surface area contributed by atoms with Crippen LogP contribution in [0.2, 0.25) is 0 Å². The Bertz CT molecular complexity index is 319. The van der Waals surface area contributed by atoms with E-state index in [1.807, 2.05) is 18.5 Å². The normalized spacial score (nSPS) is 26.3. The molecule has 0 bridgehead atoms. The largest absolute Gasteiger partial charge is 0.381 e. The highest BCUT2D eigenvalue weighted by atomic mass is 79.9. The SMILES string of the molecule is CC1CCC(Nc2ccncc2Br)CC1. The van der Waals surface area contributed by atoms with Gasteiger partial charge in [-0.1, -0.05) is 6.92 Å². The molecule has 0 unspecified atom stereocenters. The standard InChI is InChI=1S/C12H17BrN2/c1-9-2-4-10(5-3-9)15-12-6-7-14-8-11(12)13/h6-10H,2-5H2,1H3,(H,14,15). The molecule has 1 saturated carbocycles. The van der Waals surface area contributed by atoms with Gasteiger partial charge in [-0.05, 0) is 53.6 Å². The maximum atomic E-state index is 4.06. The molecular weight excluding hydrogens is 252 g/mol. The summed E-state index contributed by atoms with van der Waals surface area (Å²) in [4.78, 5) is 4.06. The lowest BCUT2D eigenvalue weighted by molar-refractivity contribution is 0.361. The fourth-order valence-electron chi connectivity index (χ4n) is 2.12. The second kappa shape index (κ2) is 4.97. The number of nitrogens with zero attached hydrogens (tertiary/aromatic N) is 1. The van der Waals surface area contributed by atoms with Crippen LogP contribution in [0.5, 0.6) is 0 Å². The Morgan fingerprint density at radius 3 is 2.73 bits per heavy atom. The van der Waals surface area contributed by atoms with E-state index in [2.05, 4.69) is 33.2 Å². The molecule has 1 heterocycles. The Hall–Kier alpha value is -0.570. The van der Waals surface area contributed by atoms with Crippen LogP contribution in [0.4, 0.5) is 5.69 Å². The van der Waals surface area contributed by atoms with Crippen LogP contribution in [0.3, 0.4) is 0 Å². The molecule has 1 N–H and O–H groups in total. The van der Waals surface area contributed by atoms with E-state index >= 15 is 0 Å². The minimum atomic E-state index is 0.639. The zero-order valence-electron chi connectivity index (χ0n) is 9.04. The van der Waals surface area contributed by atoms with E-state index in [0.717, 1.165) is 10.4 Å². The summed E-state index contributed by atoms with van der Waals surface area (Å²) < 4.78 is 1.06. The number of anilines is 1. The molecule has 0 amide bonds. The van der Waals surface area contributed by atoms with Crippen LogP contribution in [-0.2, 0) is 0 Å². The van der Waals surface area contributed by atoms with Gasteiger partial charge >= 0.3 is 0 Å². The van der Waals surface area contributed by atoms with Gasteiger partial charge in [0, 0.05) is 18.4 Å². The molecule has 0 aliphatic heterocycles. The number of aromatic nitrogens is 1. The van der Waals surface area contributed by atoms with Crippen LogP contribution >= 0.6 is 15.9 Å². The average Bonchev–Trinajstić information content (AvgIpc) is 2.25. The zero-order chi connectivity index (χ0) is 10.7. The van der Waals surface area contributed by atoms with Gasteiger partial charge in [-0.2, -0.15) is 0 Å². The first-order valence-corrected chi connectivity index (χ1v) is 6.41. The Labute approximate surface area is 99.6 Å². The van der Waals surface area contributed by atoms with Crippen molar-refractivity contribution in [3.63, 3.8) is 0 Å². The molecule has 0 spiro atoms. The van der Waals surface area contributed by atoms with E-state index in [9.17, 15) is 0 Å². The van der Waals surface area contributed by atoms with Crippen molar-refractivity contribution in [1.82, 2.24) is 4.98 Å². The number of hydrogen-bond acceptors (Lipinski definition) is 2. The van der Waals surface area contributed by atoms with Crippen molar-refractivity contribution in [2.45, 2.75) is 38.6 Å². The molecule has 0 atom stereocenters. The lowest BCUT2D eigenvalue weighted by Crippen LogP contribution is -2.25. The topological polar surface area (TPSA) is 24.9 Å². The van der Waals surface area contributed by atoms with Gasteiger partial charge in [0.15, 0.2) is 0 Å². The van der Waals surface area contributed by atoms with Crippen LogP contribution in [-0.4, -0.2) is 11.0 Å². The highest BCUT2D eigenvalue weighted by Crippen LogP contribution is 2.28. The molecule has 2 nitrogen and oxygen atoms in total. The van der Waals surface area contributed by atoms with Crippen molar-refractivity contribution >= 4 is 21.6 Å². The van der Waals surface area contributed by atoms with Crippen molar-refractivity contribution in [2.24, 2.45) is 5.92 Å². The highest BCUT2D eigenvalue weighted by Gasteiger charge is 2.18. The van der Waals surface area contributed by atoms with Crippen molar-refractivity contribution in [3.05, 3.63) is 22.9 Å². The van der Waals surface area contributed by atoms with Gasteiger partial charge in [-0.15, -0.1) is 0 Å². The van der Waals surface area contributed by atoms with Crippen molar-refractivity contribution in [2.75, 3.05) is 5.32 Å². The first kappa shape index (κ1) is 10.9. The van der Waals surface area contributed by atoms with Gasteiger partial charge in [0.1, 0.15) is 0 Å². The third-order valence-electron chi connectivity index (χ3n) is 3.15. The van der Waals surface area contributed by atoms with Crippen molar-refractivity contribution < 1.29 is 0 Å². The highest BCUT2D eigenvalue weighted by molar-refractivity contribution is 9.10. The van der Waals surface area contributed by atoms with Crippen LogP contribution < -0.4 is 5.32 Å². The summed E-state index contributed by atoms with van der Waals surface area (Å²) >= 11 is 3.51. The molecule has 1 aromatic rings. The van der Waals surface area contributed by atoms with E-state index in [1.165, 1.54) is 31.4 Å². The van der Waals surface area contributed by atoms with Gasteiger partial charge in [0.05, 0.1) is 10.2 Å². The summed E-state index contributed by atoms with van der Waals surface area (Å²) in [5.74, 6) is 0.906. The van der Waals surface area contributed by atoms with Crippen LogP contribution in [0.25, 0.3) is 0 Å². The van der Waals surface area contributed by atoms with Gasteiger partial charge in [0.25, 0.3) is 0 Å². The smallest absolute Gasteiger partial charge is 0.0590 e. The minimum absolute atomic E-state index is 0.639. The fourth-order valence-corrected chi connectivity index (χ4v) is 2.48. The van der Waals surface area contributed by atoms with Crippen LogP contribution in [0, 0.1) is 5.92 Å². The quantitative estimate of drug-likeness (QED) is 0.882. The monoisotopic (exact) mass is 268 g/mol. The number of pyridine rings is 1. The Balaban J connectivity index is 1.95. The maximum absolute atomic E-state index is 4.06. The molecule has 3 heteroatoms. The fraction of sp³-hybridized carbons (Fsp3) is 0.583. The van der Waals surface area contributed by atoms with E-state index in [1.54, 1.807) is 0 Å². The number of halogens is 1. The summed E-state index contributed by atoms with van der Waals surface area (Å²) in [5, 5.41) is 3.58. The number of nitrogens with one attached hydrogen (secondary N) is 1. The summed E-state index contributed by atoms with van der Waals surface area (Å²) in [5.41, 5.74) is 1.17. The van der Waals surface area contributed by atoms with E-state index < -0.39 is 0 Å². The Morgan fingerprint density at radius 2 is 2.07 bits per heavy atom. The molecule has 1 aliphatic rings. The molecule has 2 rings (SSSR count).